The predicted octanol–water partition coefficient (Wildman–Crippen LogP) is 3.63. The molecular formula is C13H16ClN3. The van der Waals surface area contributed by atoms with E-state index in [-0.39, 0.29) is 0 Å². The molecule has 0 radical (unpaired) electrons. The molecule has 1 fully saturated rings. The number of halogens is 1. The van der Waals surface area contributed by atoms with Gasteiger partial charge >= 0.3 is 0 Å². The van der Waals surface area contributed by atoms with Crippen LogP contribution in [0.4, 0.5) is 5.95 Å². The first-order chi connectivity index (χ1) is 8.16. The third kappa shape index (κ3) is 1.69. The van der Waals surface area contributed by atoms with E-state index < -0.39 is 0 Å². The van der Waals surface area contributed by atoms with Crippen molar-refractivity contribution in [3.05, 3.63) is 23.2 Å². The first-order valence-electron chi connectivity index (χ1n) is 6.10. The average molecular weight is 250 g/mol. The van der Waals surface area contributed by atoms with Crippen molar-refractivity contribution < 1.29 is 0 Å². The maximum absolute atomic E-state index is 6.05. The van der Waals surface area contributed by atoms with Gasteiger partial charge in [0.25, 0.3) is 0 Å². The highest BCUT2D eigenvalue weighted by Crippen LogP contribution is 2.38. The lowest BCUT2D eigenvalue weighted by atomic mass is 9.80. The molecule has 1 aliphatic rings. The number of hydrogen-bond acceptors (Lipinski definition) is 2. The third-order valence-electron chi connectivity index (χ3n) is 3.92. The van der Waals surface area contributed by atoms with Crippen LogP contribution in [0.5, 0.6) is 0 Å². The van der Waals surface area contributed by atoms with Gasteiger partial charge in [0, 0.05) is 11.1 Å². The van der Waals surface area contributed by atoms with Crippen LogP contribution in [0.1, 0.15) is 32.2 Å². The largest absolute Gasteiger partial charge is 0.369 e. The van der Waals surface area contributed by atoms with Gasteiger partial charge in [-0.25, -0.2) is 4.98 Å². The van der Waals surface area contributed by atoms with Crippen molar-refractivity contribution >= 4 is 28.6 Å². The molecule has 1 aromatic carbocycles. The first kappa shape index (κ1) is 10.9. The summed E-state index contributed by atoms with van der Waals surface area (Å²) in [4.78, 5) is 4.40. The van der Waals surface area contributed by atoms with Crippen molar-refractivity contribution in [3.63, 3.8) is 0 Å². The quantitative estimate of drug-likeness (QED) is 0.883. The van der Waals surface area contributed by atoms with Gasteiger partial charge in [-0.05, 0) is 43.9 Å². The number of anilines is 1. The van der Waals surface area contributed by atoms with Crippen LogP contribution in [-0.2, 0) is 0 Å². The molecule has 0 aliphatic heterocycles. The second-order valence-corrected chi connectivity index (χ2v) is 5.34. The van der Waals surface area contributed by atoms with Crippen LogP contribution in [0.3, 0.4) is 0 Å². The number of aromatic nitrogens is 2. The Morgan fingerprint density at radius 1 is 1.47 bits per heavy atom. The number of nitrogen functional groups attached to an aromatic ring is 1. The maximum atomic E-state index is 6.05. The Morgan fingerprint density at radius 3 is 2.88 bits per heavy atom. The van der Waals surface area contributed by atoms with E-state index in [1.54, 1.807) is 0 Å². The highest BCUT2D eigenvalue weighted by Gasteiger charge is 2.27. The zero-order chi connectivity index (χ0) is 12.0. The van der Waals surface area contributed by atoms with Gasteiger partial charge in [0.15, 0.2) is 0 Å². The van der Waals surface area contributed by atoms with Gasteiger partial charge in [-0.2, -0.15) is 0 Å². The molecule has 0 amide bonds. The minimum atomic E-state index is 0.409. The fourth-order valence-corrected chi connectivity index (χ4v) is 2.81. The molecule has 0 saturated heterocycles. The van der Waals surface area contributed by atoms with Gasteiger partial charge in [-0.15, -0.1) is 0 Å². The monoisotopic (exact) mass is 249 g/mol. The molecule has 1 saturated carbocycles. The van der Waals surface area contributed by atoms with Gasteiger partial charge in [0.05, 0.1) is 11.0 Å². The summed E-state index contributed by atoms with van der Waals surface area (Å²) >= 11 is 6.05. The van der Waals surface area contributed by atoms with Gasteiger partial charge in [-0.3, -0.25) is 0 Å². The zero-order valence-corrected chi connectivity index (χ0v) is 10.6. The van der Waals surface area contributed by atoms with Gasteiger partial charge in [0.1, 0.15) is 0 Å². The Hall–Kier alpha value is -1.22. The molecule has 2 aromatic rings. The van der Waals surface area contributed by atoms with Gasteiger partial charge < -0.3 is 10.3 Å². The molecule has 1 aromatic heterocycles. The summed E-state index contributed by atoms with van der Waals surface area (Å²) in [5.74, 6) is 1.33. The summed E-state index contributed by atoms with van der Waals surface area (Å²) in [5, 5.41) is 0.736. The lowest BCUT2D eigenvalue weighted by Crippen LogP contribution is -2.23. The van der Waals surface area contributed by atoms with Gasteiger partial charge in [-0.1, -0.05) is 18.0 Å². The van der Waals surface area contributed by atoms with Crippen LogP contribution in [0.25, 0.3) is 11.0 Å². The standard InChI is InChI=1S/C13H16ClN3/c1-8(9-3-2-4-9)17-12-7-10(14)5-6-11(12)16-13(17)15/h5-9H,2-4H2,1H3,(H2,15,16). The predicted molar refractivity (Wildman–Crippen MR) is 71.2 cm³/mol. The summed E-state index contributed by atoms with van der Waals surface area (Å²) in [6, 6.07) is 6.15. The van der Waals surface area contributed by atoms with Crippen LogP contribution >= 0.6 is 11.6 Å². The minimum Gasteiger partial charge on any atom is -0.369 e. The number of benzene rings is 1. The van der Waals surface area contributed by atoms with E-state index in [0.29, 0.717) is 12.0 Å². The molecule has 1 aliphatic carbocycles. The third-order valence-corrected chi connectivity index (χ3v) is 4.15. The molecule has 0 spiro atoms. The van der Waals surface area contributed by atoms with Crippen LogP contribution in [0.15, 0.2) is 18.2 Å². The molecule has 1 heterocycles. The van der Waals surface area contributed by atoms with Crippen molar-refractivity contribution in [2.75, 3.05) is 5.73 Å². The van der Waals surface area contributed by atoms with E-state index in [0.717, 1.165) is 22.0 Å². The molecule has 1 unspecified atom stereocenters. The minimum absolute atomic E-state index is 0.409. The molecular weight excluding hydrogens is 234 g/mol. The number of nitrogens with two attached hydrogens (primary N) is 1. The number of rotatable bonds is 2. The average Bonchev–Trinajstić information content (AvgIpc) is 2.50. The highest BCUT2D eigenvalue weighted by atomic mass is 35.5. The van der Waals surface area contributed by atoms with E-state index in [4.69, 9.17) is 17.3 Å². The van der Waals surface area contributed by atoms with Crippen LogP contribution in [-0.4, -0.2) is 9.55 Å². The summed E-state index contributed by atoms with van der Waals surface area (Å²) < 4.78 is 2.13. The van der Waals surface area contributed by atoms with Crippen molar-refractivity contribution in [1.82, 2.24) is 9.55 Å². The van der Waals surface area contributed by atoms with Crippen molar-refractivity contribution in [2.45, 2.75) is 32.2 Å². The molecule has 90 valence electrons. The lowest BCUT2D eigenvalue weighted by molar-refractivity contribution is 0.227. The highest BCUT2D eigenvalue weighted by molar-refractivity contribution is 6.31. The van der Waals surface area contributed by atoms with Crippen molar-refractivity contribution in [2.24, 2.45) is 5.92 Å². The van der Waals surface area contributed by atoms with E-state index in [2.05, 4.69) is 16.5 Å². The molecule has 1 atom stereocenters. The number of hydrogen-bond donors (Lipinski definition) is 1. The Labute approximate surface area is 106 Å². The molecule has 3 nitrogen and oxygen atoms in total. The molecule has 2 N–H and O–H groups in total. The Balaban J connectivity index is 2.13. The Morgan fingerprint density at radius 2 is 2.24 bits per heavy atom. The fourth-order valence-electron chi connectivity index (χ4n) is 2.65. The molecule has 0 bridgehead atoms. The number of imidazole rings is 1. The topological polar surface area (TPSA) is 43.8 Å². The second-order valence-electron chi connectivity index (χ2n) is 4.90. The van der Waals surface area contributed by atoms with Crippen molar-refractivity contribution in [3.8, 4) is 0 Å². The van der Waals surface area contributed by atoms with E-state index in [1.807, 2.05) is 18.2 Å². The normalized spacial score (nSPS) is 18.2. The molecule has 4 heteroatoms. The second kappa shape index (κ2) is 3.91. The summed E-state index contributed by atoms with van der Waals surface area (Å²) in [6.45, 7) is 2.22. The Bertz CT molecular complexity index is 557. The van der Waals surface area contributed by atoms with E-state index in [9.17, 15) is 0 Å². The first-order valence-corrected chi connectivity index (χ1v) is 6.47. The van der Waals surface area contributed by atoms with Crippen LogP contribution < -0.4 is 5.73 Å². The molecule has 17 heavy (non-hydrogen) atoms. The van der Waals surface area contributed by atoms with E-state index >= 15 is 0 Å². The lowest BCUT2D eigenvalue weighted by Gasteiger charge is -2.33. The molecule has 3 rings (SSSR count). The SMILES string of the molecule is CC(C1CCC1)n1c(N)nc2ccc(Cl)cc21. The smallest absolute Gasteiger partial charge is 0.201 e. The maximum Gasteiger partial charge on any atom is 0.201 e. The summed E-state index contributed by atoms with van der Waals surface area (Å²) in [7, 11) is 0. The van der Waals surface area contributed by atoms with Crippen LogP contribution in [0, 0.1) is 5.92 Å². The summed E-state index contributed by atoms with van der Waals surface area (Å²) in [6.07, 6.45) is 3.92. The van der Waals surface area contributed by atoms with Gasteiger partial charge in [0.2, 0.25) is 5.95 Å². The fraction of sp³-hybridized carbons (Fsp3) is 0.462. The van der Waals surface area contributed by atoms with Crippen LogP contribution in [0.2, 0.25) is 5.02 Å². The van der Waals surface area contributed by atoms with Crippen molar-refractivity contribution in [1.29, 1.82) is 0 Å². The number of nitrogens with zero attached hydrogens (tertiary/aromatic N) is 2. The number of fused-ring (bicyclic) bond motifs is 1. The Kier molecular flexibility index (Phi) is 2.51. The summed E-state index contributed by atoms with van der Waals surface area (Å²) in [5.41, 5.74) is 8.01. The zero-order valence-electron chi connectivity index (χ0n) is 9.86. The van der Waals surface area contributed by atoms with E-state index in [1.165, 1.54) is 19.3 Å².